The maximum Gasteiger partial charge on any atom is 0.328 e. The van der Waals surface area contributed by atoms with Crippen LogP contribution in [0.3, 0.4) is 0 Å². The van der Waals surface area contributed by atoms with Gasteiger partial charge in [0.05, 0.1) is 0 Å². The summed E-state index contributed by atoms with van der Waals surface area (Å²) in [5, 5.41) is 18.7. The first-order chi connectivity index (χ1) is 9.16. The highest BCUT2D eigenvalue weighted by Crippen LogP contribution is 2.22. The molecule has 0 spiro atoms. The van der Waals surface area contributed by atoms with Gasteiger partial charge in [-0.25, -0.2) is 4.79 Å². The molecule has 0 aliphatic carbocycles. The second-order valence-corrected chi connectivity index (χ2v) is 4.15. The number of aliphatic hydroxyl groups excluding tert-OH is 1. The molecule has 0 heterocycles. The number of hydrogen-bond acceptors (Lipinski definition) is 2. The van der Waals surface area contributed by atoms with E-state index in [4.69, 9.17) is 5.11 Å². The quantitative estimate of drug-likeness (QED) is 0.825. The number of hydrogen-bond donors (Lipinski definition) is 2. The van der Waals surface area contributed by atoms with Gasteiger partial charge in [0.25, 0.3) is 0 Å². The first-order valence-corrected chi connectivity index (χ1v) is 5.91. The van der Waals surface area contributed by atoms with Crippen molar-refractivity contribution in [3.63, 3.8) is 0 Å². The van der Waals surface area contributed by atoms with Gasteiger partial charge in [-0.1, -0.05) is 54.6 Å². The summed E-state index contributed by atoms with van der Waals surface area (Å²) in [7, 11) is 0. The lowest BCUT2D eigenvalue weighted by atomic mass is 10.0. The molecule has 0 fully saturated rings. The smallest absolute Gasteiger partial charge is 0.328 e. The minimum absolute atomic E-state index is 0.668. The summed E-state index contributed by atoms with van der Waals surface area (Å²) in [4.78, 5) is 10.4. The molecule has 0 saturated carbocycles. The van der Waals surface area contributed by atoms with E-state index in [9.17, 15) is 9.90 Å². The zero-order valence-electron chi connectivity index (χ0n) is 10.2. The Hall–Kier alpha value is -2.39. The average molecular weight is 254 g/mol. The minimum Gasteiger partial charge on any atom is -0.478 e. The van der Waals surface area contributed by atoms with Gasteiger partial charge < -0.3 is 10.2 Å². The van der Waals surface area contributed by atoms with Gasteiger partial charge in [-0.15, -0.1) is 0 Å². The predicted octanol–water partition coefficient (Wildman–Crippen LogP) is 2.87. The molecular formula is C16H14O3. The standard InChI is InChI=1S/C16H14O3/c17-15(18)11-8-12-6-9-14(10-7-12)16(19)13-4-2-1-3-5-13/h1-11,16,19H,(H,17,18)/b11-8+. The van der Waals surface area contributed by atoms with Crippen LogP contribution in [0.15, 0.2) is 60.7 Å². The van der Waals surface area contributed by atoms with Crippen LogP contribution in [0.1, 0.15) is 22.8 Å². The number of carboxylic acid groups (broad SMARTS) is 1. The Morgan fingerprint density at radius 2 is 1.53 bits per heavy atom. The van der Waals surface area contributed by atoms with Crippen LogP contribution < -0.4 is 0 Å². The Morgan fingerprint density at radius 1 is 0.947 bits per heavy atom. The van der Waals surface area contributed by atoms with Crippen molar-refractivity contribution in [1.29, 1.82) is 0 Å². The van der Waals surface area contributed by atoms with Gasteiger partial charge in [0.2, 0.25) is 0 Å². The summed E-state index contributed by atoms with van der Waals surface area (Å²) in [6.07, 6.45) is 1.93. The Balaban J connectivity index is 2.16. The van der Waals surface area contributed by atoms with E-state index in [1.807, 2.05) is 30.3 Å². The highest BCUT2D eigenvalue weighted by Gasteiger charge is 2.08. The first-order valence-electron chi connectivity index (χ1n) is 5.91. The molecule has 2 aromatic rings. The molecule has 2 rings (SSSR count). The fraction of sp³-hybridized carbons (Fsp3) is 0.0625. The van der Waals surface area contributed by atoms with Crippen LogP contribution in [0.2, 0.25) is 0 Å². The van der Waals surface area contributed by atoms with E-state index in [0.29, 0.717) is 0 Å². The largest absolute Gasteiger partial charge is 0.478 e. The van der Waals surface area contributed by atoms with Crippen LogP contribution in [0.4, 0.5) is 0 Å². The van der Waals surface area contributed by atoms with Crippen molar-refractivity contribution < 1.29 is 15.0 Å². The topological polar surface area (TPSA) is 57.5 Å². The van der Waals surface area contributed by atoms with Crippen molar-refractivity contribution in [2.45, 2.75) is 6.10 Å². The molecule has 0 aliphatic heterocycles. The van der Waals surface area contributed by atoms with Crippen molar-refractivity contribution in [3.8, 4) is 0 Å². The van der Waals surface area contributed by atoms with E-state index < -0.39 is 12.1 Å². The molecule has 1 atom stereocenters. The molecule has 0 amide bonds. The Bertz CT molecular complexity index is 571. The van der Waals surface area contributed by atoms with Crippen LogP contribution in [0, 0.1) is 0 Å². The van der Waals surface area contributed by atoms with Crippen LogP contribution in [0.5, 0.6) is 0 Å². The monoisotopic (exact) mass is 254 g/mol. The van der Waals surface area contributed by atoms with E-state index in [2.05, 4.69) is 0 Å². The van der Waals surface area contributed by atoms with Gasteiger partial charge in [-0.3, -0.25) is 0 Å². The molecule has 0 aromatic heterocycles. The molecule has 0 bridgehead atoms. The normalized spacial score (nSPS) is 12.5. The number of rotatable bonds is 4. The van der Waals surface area contributed by atoms with Crippen LogP contribution in [-0.4, -0.2) is 16.2 Å². The van der Waals surface area contributed by atoms with E-state index in [1.54, 1.807) is 24.3 Å². The second kappa shape index (κ2) is 5.98. The van der Waals surface area contributed by atoms with Gasteiger partial charge >= 0.3 is 5.97 Å². The lowest BCUT2D eigenvalue weighted by Crippen LogP contribution is -1.98. The molecule has 0 aliphatic rings. The summed E-state index contributed by atoms with van der Waals surface area (Å²) in [6, 6.07) is 16.5. The molecular weight excluding hydrogens is 240 g/mol. The highest BCUT2D eigenvalue weighted by molar-refractivity contribution is 5.85. The van der Waals surface area contributed by atoms with Crippen molar-refractivity contribution in [3.05, 3.63) is 77.4 Å². The summed E-state index contributed by atoms with van der Waals surface area (Å²) in [6.45, 7) is 0. The van der Waals surface area contributed by atoms with E-state index in [-0.39, 0.29) is 0 Å². The van der Waals surface area contributed by atoms with E-state index >= 15 is 0 Å². The van der Waals surface area contributed by atoms with Crippen LogP contribution >= 0.6 is 0 Å². The van der Waals surface area contributed by atoms with Crippen LogP contribution in [-0.2, 0) is 4.79 Å². The van der Waals surface area contributed by atoms with Crippen molar-refractivity contribution in [2.75, 3.05) is 0 Å². The SMILES string of the molecule is O=C(O)/C=C/c1ccc(C(O)c2ccccc2)cc1. The first kappa shape index (κ1) is 13.1. The Morgan fingerprint density at radius 3 is 2.11 bits per heavy atom. The molecule has 0 radical (unpaired) electrons. The minimum atomic E-state index is -0.978. The maximum atomic E-state index is 10.4. The predicted molar refractivity (Wildman–Crippen MR) is 73.6 cm³/mol. The molecule has 96 valence electrons. The third kappa shape index (κ3) is 3.53. The lowest BCUT2D eigenvalue weighted by Gasteiger charge is -2.11. The maximum absolute atomic E-state index is 10.4. The third-order valence-corrected chi connectivity index (χ3v) is 2.79. The zero-order chi connectivity index (χ0) is 13.7. The van der Waals surface area contributed by atoms with Crippen molar-refractivity contribution in [1.82, 2.24) is 0 Å². The third-order valence-electron chi connectivity index (χ3n) is 2.79. The van der Waals surface area contributed by atoms with Gasteiger partial charge in [0.1, 0.15) is 6.10 Å². The highest BCUT2D eigenvalue weighted by atomic mass is 16.4. The average Bonchev–Trinajstić information content (AvgIpc) is 2.46. The second-order valence-electron chi connectivity index (χ2n) is 4.15. The molecule has 3 nitrogen and oxygen atoms in total. The molecule has 2 N–H and O–H groups in total. The number of aliphatic carboxylic acids is 1. The molecule has 1 unspecified atom stereocenters. The van der Waals surface area contributed by atoms with Gasteiger partial charge in [-0.05, 0) is 22.8 Å². The molecule has 19 heavy (non-hydrogen) atoms. The fourth-order valence-corrected chi connectivity index (χ4v) is 1.78. The summed E-state index contributed by atoms with van der Waals surface area (Å²) >= 11 is 0. The van der Waals surface area contributed by atoms with Gasteiger partial charge in [0.15, 0.2) is 0 Å². The van der Waals surface area contributed by atoms with Crippen molar-refractivity contribution >= 4 is 12.0 Å². The van der Waals surface area contributed by atoms with Gasteiger partial charge in [-0.2, -0.15) is 0 Å². The van der Waals surface area contributed by atoms with E-state index in [0.717, 1.165) is 22.8 Å². The molecule has 3 heteroatoms. The summed E-state index contributed by atoms with van der Waals surface area (Å²) in [5.74, 6) is -0.978. The molecule has 2 aromatic carbocycles. The Kier molecular flexibility index (Phi) is 4.11. The molecule has 0 saturated heterocycles. The van der Waals surface area contributed by atoms with Crippen molar-refractivity contribution in [2.24, 2.45) is 0 Å². The number of aliphatic hydroxyl groups is 1. The van der Waals surface area contributed by atoms with Crippen LogP contribution in [0.25, 0.3) is 6.08 Å². The number of carboxylic acids is 1. The van der Waals surface area contributed by atoms with Gasteiger partial charge in [0, 0.05) is 6.08 Å². The summed E-state index contributed by atoms with van der Waals surface area (Å²) < 4.78 is 0. The lowest BCUT2D eigenvalue weighted by molar-refractivity contribution is -0.131. The fourth-order valence-electron chi connectivity index (χ4n) is 1.78. The zero-order valence-corrected chi connectivity index (χ0v) is 10.2. The number of benzene rings is 2. The summed E-state index contributed by atoms with van der Waals surface area (Å²) in [5.41, 5.74) is 2.39. The number of carbonyl (C=O) groups is 1. The Labute approximate surface area is 111 Å². The van der Waals surface area contributed by atoms with E-state index in [1.165, 1.54) is 6.08 Å².